The van der Waals surface area contributed by atoms with Crippen LogP contribution in [-0.2, 0) is 12.8 Å². The Balaban J connectivity index is 1.73. The van der Waals surface area contributed by atoms with Crippen LogP contribution >= 0.6 is 11.8 Å². The number of aryl methyl sites for hydroxylation is 1. The number of hydrogen-bond acceptors (Lipinski definition) is 8. The Bertz CT molecular complexity index is 801. The summed E-state index contributed by atoms with van der Waals surface area (Å²) in [5.74, 6) is 2.29. The first-order valence-electron chi connectivity index (χ1n) is 6.73. The maximum Gasteiger partial charge on any atom is 0.277 e. The Labute approximate surface area is 136 Å². The fraction of sp³-hybridized carbons (Fsp3) is 0.286. The molecule has 0 atom stereocenters. The zero-order valence-corrected chi connectivity index (χ0v) is 13.7. The van der Waals surface area contributed by atoms with Crippen molar-refractivity contribution < 1.29 is 13.9 Å². The fourth-order valence-corrected chi connectivity index (χ4v) is 2.58. The van der Waals surface area contributed by atoms with E-state index in [1.807, 2.05) is 6.07 Å². The van der Waals surface area contributed by atoms with Crippen molar-refractivity contribution in [2.24, 2.45) is 7.05 Å². The summed E-state index contributed by atoms with van der Waals surface area (Å²) in [4.78, 5) is 1.51. The van der Waals surface area contributed by atoms with Crippen LogP contribution in [0.15, 0.2) is 34.0 Å². The Hall–Kier alpha value is -2.55. The third kappa shape index (κ3) is 3.45. The second kappa shape index (κ2) is 6.69. The van der Waals surface area contributed by atoms with Gasteiger partial charge in [-0.05, 0) is 18.2 Å². The predicted molar refractivity (Wildman–Crippen MR) is 83.4 cm³/mol. The molecule has 2 aromatic heterocycles. The highest BCUT2D eigenvalue weighted by atomic mass is 32.2. The second-order valence-electron chi connectivity index (χ2n) is 4.56. The van der Waals surface area contributed by atoms with E-state index in [1.54, 1.807) is 39.6 Å². The Morgan fingerprint density at radius 2 is 2.00 bits per heavy atom. The van der Waals surface area contributed by atoms with Crippen LogP contribution in [0.1, 0.15) is 5.69 Å². The summed E-state index contributed by atoms with van der Waals surface area (Å²) in [5.41, 5.74) is 1.62. The van der Waals surface area contributed by atoms with Crippen molar-refractivity contribution in [3.8, 4) is 23.0 Å². The molecule has 120 valence electrons. The lowest BCUT2D eigenvalue weighted by atomic mass is 10.2. The summed E-state index contributed by atoms with van der Waals surface area (Å²) < 4.78 is 16.1. The van der Waals surface area contributed by atoms with E-state index < -0.39 is 0 Å². The van der Waals surface area contributed by atoms with Crippen molar-refractivity contribution in [1.29, 1.82) is 0 Å². The molecule has 0 spiro atoms. The van der Waals surface area contributed by atoms with Crippen molar-refractivity contribution in [1.82, 2.24) is 25.2 Å². The molecule has 3 aromatic rings. The van der Waals surface area contributed by atoms with Gasteiger partial charge in [-0.25, -0.2) is 0 Å². The number of rotatable bonds is 6. The molecule has 0 saturated carbocycles. The molecule has 0 aliphatic rings. The molecule has 0 aliphatic carbocycles. The number of nitrogens with zero attached hydrogens (tertiary/aromatic N) is 5. The van der Waals surface area contributed by atoms with Crippen LogP contribution in [0.5, 0.6) is 11.5 Å². The third-order valence-corrected chi connectivity index (χ3v) is 3.88. The van der Waals surface area contributed by atoms with Gasteiger partial charge in [0, 0.05) is 18.4 Å². The summed E-state index contributed by atoms with van der Waals surface area (Å²) in [6, 6.07) is 5.43. The Morgan fingerprint density at radius 1 is 1.17 bits per heavy atom. The van der Waals surface area contributed by atoms with Crippen LogP contribution in [0.3, 0.4) is 0 Å². The van der Waals surface area contributed by atoms with Gasteiger partial charge in [0.05, 0.1) is 26.1 Å². The molecule has 2 heterocycles. The topological polar surface area (TPSA) is 88.1 Å². The van der Waals surface area contributed by atoms with Gasteiger partial charge in [-0.1, -0.05) is 11.8 Å². The summed E-state index contributed by atoms with van der Waals surface area (Å²) in [6.45, 7) is 0. The van der Waals surface area contributed by atoms with Gasteiger partial charge in [-0.3, -0.25) is 0 Å². The third-order valence-electron chi connectivity index (χ3n) is 3.03. The van der Waals surface area contributed by atoms with Gasteiger partial charge in [0.2, 0.25) is 5.89 Å². The normalized spacial score (nSPS) is 10.7. The molecule has 0 aliphatic heterocycles. The van der Waals surface area contributed by atoms with E-state index in [9.17, 15) is 0 Å². The maximum absolute atomic E-state index is 5.66. The van der Waals surface area contributed by atoms with Crippen molar-refractivity contribution in [2.45, 2.75) is 11.0 Å². The summed E-state index contributed by atoms with van der Waals surface area (Å²) in [6.07, 6.45) is 1.71. The monoisotopic (exact) mass is 333 g/mol. The van der Waals surface area contributed by atoms with Crippen molar-refractivity contribution in [2.75, 3.05) is 14.2 Å². The van der Waals surface area contributed by atoms with Crippen LogP contribution < -0.4 is 9.47 Å². The first-order valence-corrected chi connectivity index (χ1v) is 7.72. The second-order valence-corrected chi connectivity index (χ2v) is 5.48. The van der Waals surface area contributed by atoms with E-state index >= 15 is 0 Å². The van der Waals surface area contributed by atoms with Gasteiger partial charge in [0.25, 0.3) is 5.22 Å². The molecule has 9 heteroatoms. The van der Waals surface area contributed by atoms with Crippen molar-refractivity contribution in [3.05, 3.63) is 30.1 Å². The molecule has 8 nitrogen and oxygen atoms in total. The highest BCUT2D eigenvalue weighted by Gasteiger charge is 2.13. The molecule has 1 aromatic carbocycles. The maximum atomic E-state index is 5.66. The minimum atomic E-state index is 0.424. The molecule has 0 fully saturated rings. The average Bonchev–Trinajstić information content (AvgIpc) is 3.21. The number of ether oxygens (including phenoxy) is 2. The molecule has 0 saturated heterocycles. The standard InChI is InChI=1S/C14H15N5O3S/c1-19-15-7-10(18-19)8-23-14-17-16-13(22-14)9-4-5-11(20-2)12(6-9)21-3/h4-7H,8H2,1-3H3. The number of benzene rings is 1. The molecule has 23 heavy (non-hydrogen) atoms. The number of aromatic nitrogens is 5. The zero-order valence-electron chi connectivity index (χ0n) is 12.9. The van der Waals surface area contributed by atoms with Crippen LogP contribution in [0.4, 0.5) is 0 Å². The van der Waals surface area contributed by atoms with Gasteiger partial charge >= 0.3 is 0 Å². The summed E-state index contributed by atoms with van der Waals surface area (Å²) in [7, 11) is 4.94. The van der Waals surface area contributed by atoms with Gasteiger partial charge < -0.3 is 13.9 Å². The molecule has 0 N–H and O–H groups in total. The number of hydrogen-bond donors (Lipinski definition) is 0. The highest BCUT2D eigenvalue weighted by molar-refractivity contribution is 7.98. The SMILES string of the molecule is COc1ccc(-c2nnc(SCc3cnn(C)n3)o2)cc1OC. The van der Waals surface area contributed by atoms with Gasteiger partial charge in [-0.15, -0.1) is 10.2 Å². The molecule has 0 amide bonds. The molecule has 0 unspecified atom stereocenters. The average molecular weight is 333 g/mol. The number of thioether (sulfide) groups is 1. The van der Waals surface area contributed by atoms with E-state index in [1.165, 1.54) is 16.6 Å². The number of methoxy groups -OCH3 is 2. The van der Waals surface area contributed by atoms with Crippen LogP contribution in [0.25, 0.3) is 11.5 Å². The van der Waals surface area contributed by atoms with Crippen molar-refractivity contribution in [3.63, 3.8) is 0 Å². The molecule has 0 radical (unpaired) electrons. The van der Waals surface area contributed by atoms with E-state index in [-0.39, 0.29) is 0 Å². The molecular formula is C14H15N5O3S. The van der Waals surface area contributed by atoms with E-state index in [4.69, 9.17) is 13.9 Å². The zero-order chi connectivity index (χ0) is 16.2. The van der Waals surface area contributed by atoms with Crippen LogP contribution in [0, 0.1) is 0 Å². The molecule has 3 rings (SSSR count). The van der Waals surface area contributed by atoms with Crippen molar-refractivity contribution >= 4 is 11.8 Å². The molecular weight excluding hydrogens is 318 g/mol. The molecule has 0 bridgehead atoms. The lowest BCUT2D eigenvalue weighted by Crippen LogP contribution is -1.92. The smallest absolute Gasteiger partial charge is 0.277 e. The Morgan fingerprint density at radius 3 is 2.70 bits per heavy atom. The summed E-state index contributed by atoms with van der Waals surface area (Å²) in [5, 5.41) is 16.8. The predicted octanol–water partition coefficient (Wildman–Crippen LogP) is 2.17. The highest BCUT2D eigenvalue weighted by Crippen LogP contribution is 2.32. The summed E-state index contributed by atoms with van der Waals surface area (Å²) >= 11 is 1.41. The van der Waals surface area contributed by atoms with E-state index in [0.717, 1.165) is 11.3 Å². The van der Waals surface area contributed by atoms with E-state index in [2.05, 4.69) is 20.4 Å². The minimum absolute atomic E-state index is 0.424. The quantitative estimate of drug-likeness (QED) is 0.634. The fourth-order valence-electron chi connectivity index (χ4n) is 1.94. The lowest BCUT2D eigenvalue weighted by Gasteiger charge is -2.07. The van der Waals surface area contributed by atoms with Crippen LogP contribution in [0.2, 0.25) is 0 Å². The first kappa shape index (κ1) is 15.3. The minimum Gasteiger partial charge on any atom is -0.493 e. The van der Waals surface area contributed by atoms with Crippen LogP contribution in [-0.4, -0.2) is 39.4 Å². The van der Waals surface area contributed by atoms with Gasteiger partial charge in [0.1, 0.15) is 0 Å². The van der Waals surface area contributed by atoms with Gasteiger partial charge in [-0.2, -0.15) is 15.0 Å². The first-order chi connectivity index (χ1) is 11.2. The lowest BCUT2D eigenvalue weighted by molar-refractivity contribution is 0.355. The Kier molecular flexibility index (Phi) is 4.47. The largest absolute Gasteiger partial charge is 0.493 e. The van der Waals surface area contributed by atoms with E-state index in [0.29, 0.717) is 28.4 Å². The van der Waals surface area contributed by atoms with Gasteiger partial charge in [0.15, 0.2) is 11.5 Å².